The average molecular weight is 198 g/mol. The Hall–Kier alpha value is -0.680. The van der Waals surface area contributed by atoms with Crippen LogP contribution in [0.3, 0.4) is 0 Å². The highest BCUT2D eigenvalue weighted by atomic mass is 32.1. The van der Waals surface area contributed by atoms with Gasteiger partial charge in [0, 0.05) is 12.6 Å². The molecule has 0 aliphatic carbocycles. The lowest BCUT2D eigenvalue weighted by molar-refractivity contribution is 0.634. The zero-order valence-electron chi connectivity index (χ0n) is 7.49. The minimum atomic E-state index is 0.524. The van der Waals surface area contributed by atoms with Crippen LogP contribution in [0, 0.1) is 0 Å². The van der Waals surface area contributed by atoms with Gasteiger partial charge in [0.05, 0.1) is 0 Å². The first-order valence-electron chi connectivity index (χ1n) is 4.68. The highest BCUT2D eigenvalue weighted by Crippen LogP contribution is 2.13. The summed E-state index contributed by atoms with van der Waals surface area (Å²) in [4.78, 5) is 0. The van der Waals surface area contributed by atoms with E-state index in [1.165, 1.54) is 19.3 Å². The fourth-order valence-electron chi connectivity index (χ4n) is 1.55. The van der Waals surface area contributed by atoms with Crippen molar-refractivity contribution < 1.29 is 0 Å². The van der Waals surface area contributed by atoms with E-state index in [1.54, 1.807) is 16.8 Å². The molecule has 2 heterocycles. The van der Waals surface area contributed by atoms with Crippen molar-refractivity contribution in [3.63, 3.8) is 0 Å². The summed E-state index contributed by atoms with van der Waals surface area (Å²) in [6.45, 7) is 2.19. The highest BCUT2D eigenvalue weighted by molar-refractivity contribution is 7.13. The van der Waals surface area contributed by atoms with Crippen LogP contribution in [0.25, 0.3) is 0 Å². The molecule has 1 aromatic rings. The predicted octanol–water partition coefficient (Wildman–Crippen LogP) is 1.09. The van der Waals surface area contributed by atoms with Crippen molar-refractivity contribution in [2.45, 2.75) is 25.3 Å². The minimum Gasteiger partial charge on any atom is -0.356 e. The quantitative estimate of drug-likeness (QED) is 0.747. The Morgan fingerprint density at radius 3 is 3.38 bits per heavy atom. The van der Waals surface area contributed by atoms with Crippen molar-refractivity contribution in [3.05, 3.63) is 5.51 Å². The number of hydrogen-bond acceptors (Lipinski definition) is 5. The van der Waals surface area contributed by atoms with Crippen LogP contribution in [0.2, 0.25) is 0 Å². The van der Waals surface area contributed by atoms with E-state index in [0.717, 1.165) is 18.2 Å². The Balaban J connectivity index is 1.86. The van der Waals surface area contributed by atoms with Crippen LogP contribution in [0.5, 0.6) is 0 Å². The van der Waals surface area contributed by atoms with Crippen LogP contribution in [-0.4, -0.2) is 29.3 Å². The van der Waals surface area contributed by atoms with E-state index < -0.39 is 0 Å². The first kappa shape index (κ1) is 8.90. The zero-order chi connectivity index (χ0) is 8.93. The molecule has 0 amide bonds. The van der Waals surface area contributed by atoms with E-state index in [9.17, 15) is 0 Å². The van der Waals surface area contributed by atoms with Crippen molar-refractivity contribution >= 4 is 16.5 Å². The van der Waals surface area contributed by atoms with Gasteiger partial charge in [0.1, 0.15) is 5.51 Å². The Morgan fingerprint density at radius 2 is 2.54 bits per heavy atom. The topological polar surface area (TPSA) is 49.8 Å². The van der Waals surface area contributed by atoms with Crippen molar-refractivity contribution in [2.75, 3.05) is 18.4 Å². The van der Waals surface area contributed by atoms with Crippen LogP contribution in [0.1, 0.15) is 19.3 Å². The Kier molecular flexibility index (Phi) is 3.10. The van der Waals surface area contributed by atoms with Crippen LogP contribution < -0.4 is 10.6 Å². The lowest BCUT2D eigenvalue weighted by atomic mass is 10.1. The van der Waals surface area contributed by atoms with E-state index in [1.807, 2.05) is 0 Å². The van der Waals surface area contributed by atoms with E-state index in [0.29, 0.717) is 6.04 Å². The third-order valence-electron chi connectivity index (χ3n) is 2.23. The standard InChI is InChI=1S/C8H14N4S/c1-2-4-9-5-7(3-1)11-8-12-10-6-13-8/h6-7,9H,1-5H2,(H,11,12). The van der Waals surface area contributed by atoms with Gasteiger partial charge in [-0.2, -0.15) is 0 Å². The van der Waals surface area contributed by atoms with Gasteiger partial charge < -0.3 is 10.6 Å². The Bertz CT molecular complexity index is 228. The maximum absolute atomic E-state index is 3.97. The second-order valence-electron chi connectivity index (χ2n) is 3.29. The van der Waals surface area contributed by atoms with E-state index in [2.05, 4.69) is 20.8 Å². The molecule has 72 valence electrons. The Morgan fingerprint density at radius 1 is 1.54 bits per heavy atom. The lowest BCUT2D eigenvalue weighted by Crippen LogP contribution is -2.30. The van der Waals surface area contributed by atoms with Crippen molar-refractivity contribution in [2.24, 2.45) is 0 Å². The van der Waals surface area contributed by atoms with Gasteiger partial charge >= 0.3 is 0 Å². The van der Waals surface area contributed by atoms with Gasteiger partial charge in [-0.05, 0) is 19.4 Å². The van der Waals surface area contributed by atoms with Crippen LogP contribution in [0.15, 0.2) is 5.51 Å². The van der Waals surface area contributed by atoms with E-state index in [4.69, 9.17) is 0 Å². The maximum atomic E-state index is 3.97. The molecule has 0 radical (unpaired) electrons. The van der Waals surface area contributed by atoms with Crippen molar-refractivity contribution in [1.29, 1.82) is 0 Å². The molecule has 1 fully saturated rings. The molecule has 1 aliphatic heterocycles. The number of nitrogens with one attached hydrogen (secondary N) is 2. The highest BCUT2D eigenvalue weighted by Gasteiger charge is 2.12. The number of nitrogens with zero attached hydrogens (tertiary/aromatic N) is 2. The molecule has 0 saturated carbocycles. The summed E-state index contributed by atoms with van der Waals surface area (Å²) in [5.74, 6) is 0. The summed E-state index contributed by atoms with van der Waals surface area (Å²) in [5.41, 5.74) is 1.76. The number of aromatic nitrogens is 2. The van der Waals surface area contributed by atoms with Gasteiger partial charge in [-0.15, -0.1) is 10.2 Å². The zero-order valence-corrected chi connectivity index (χ0v) is 8.31. The van der Waals surface area contributed by atoms with Crippen molar-refractivity contribution in [1.82, 2.24) is 15.5 Å². The molecule has 1 aliphatic rings. The first-order valence-corrected chi connectivity index (χ1v) is 5.56. The minimum absolute atomic E-state index is 0.524. The summed E-state index contributed by atoms with van der Waals surface area (Å²) >= 11 is 1.56. The molecule has 4 nitrogen and oxygen atoms in total. The van der Waals surface area contributed by atoms with E-state index >= 15 is 0 Å². The molecule has 5 heteroatoms. The molecule has 1 atom stereocenters. The van der Waals surface area contributed by atoms with Gasteiger partial charge in [0.25, 0.3) is 0 Å². The normalized spacial score (nSPS) is 23.8. The molecule has 2 N–H and O–H groups in total. The summed E-state index contributed by atoms with van der Waals surface area (Å²) in [6, 6.07) is 0.524. The monoisotopic (exact) mass is 198 g/mol. The van der Waals surface area contributed by atoms with Crippen LogP contribution in [0.4, 0.5) is 5.13 Å². The maximum Gasteiger partial charge on any atom is 0.205 e. The van der Waals surface area contributed by atoms with Crippen LogP contribution in [-0.2, 0) is 0 Å². The van der Waals surface area contributed by atoms with Gasteiger partial charge in [-0.25, -0.2) is 0 Å². The largest absolute Gasteiger partial charge is 0.356 e. The molecule has 2 rings (SSSR count). The fourth-order valence-corrected chi connectivity index (χ4v) is 2.08. The molecular formula is C8H14N4S. The predicted molar refractivity (Wildman–Crippen MR) is 54.0 cm³/mol. The second-order valence-corrected chi connectivity index (χ2v) is 4.12. The number of rotatable bonds is 2. The van der Waals surface area contributed by atoms with Gasteiger partial charge in [0.15, 0.2) is 0 Å². The summed E-state index contributed by atoms with van der Waals surface area (Å²) in [6.07, 6.45) is 3.81. The third-order valence-corrected chi connectivity index (χ3v) is 2.86. The van der Waals surface area contributed by atoms with E-state index in [-0.39, 0.29) is 0 Å². The lowest BCUT2D eigenvalue weighted by Gasteiger charge is -2.14. The fraction of sp³-hybridized carbons (Fsp3) is 0.750. The molecule has 0 bridgehead atoms. The molecule has 0 spiro atoms. The van der Waals surface area contributed by atoms with Gasteiger partial charge in [0.2, 0.25) is 5.13 Å². The van der Waals surface area contributed by atoms with Crippen molar-refractivity contribution in [3.8, 4) is 0 Å². The van der Waals surface area contributed by atoms with Crippen LogP contribution >= 0.6 is 11.3 Å². The van der Waals surface area contributed by atoms with Gasteiger partial charge in [-0.1, -0.05) is 17.8 Å². The van der Waals surface area contributed by atoms with Gasteiger partial charge in [-0.3, -0.25) is 0 Å². The third kappa shape index (κ3) is 2.63. The molecule has 1 aromatic heterocycles. The smallest absolute Gasteiger partial charge is 0.205 e. The number of anilines is 1. The molecule has 13 heavy (non-hydrogen) atoms. The molecule has 1 unspecified atom stereocenters. The molecule has 0 aromatic carbocycles. The summed E-state index contributed by atoms with van der Waals surface area (Å²) < 4.78 is 0. The summed E-state index contributed by atoms with van der Waals surface area (Å²) in [5, 5.41) is 15.5. The second kappa shape index (κ2) is 4.53. The first-order chi connectivity index (χ1) is 6.45. The average Bonchev–Trinajstić information content (AvgIpc) is 2.49. The summed E-state index contributed by atoms with van der Waals surface area (Å²) in [7, 11) is 0. The molecule has 1 saturated heterocycles. The Labute approximate surface area is 81.8 Å². The molecular weight excluding hydrogens is 184 g/mol. The number of hydrogen-bond donors (Lipinski definition) is 2. The SMILES string of the molecule is c1nnc(NC2CCCCNC2)s1.